The van der Waals surface area contributed by atoms with Gasteiger partial charge in [-0.25, -0.2) is 0 Å². The Balaban J connectivity index is 1.52. The molecule has 0 N–H and O–H groups in total. The van der Waals surface area contributed by atoms with E-state index in [2.05, 4.69) is 65.3 Å². The Morgan fingerprint density at radius 2 is 1.65 bits per heavy atom. The molecule has 5 heteroatoms. The third kappa shape index (κ3) is 5.77. The second-order valence-electron chi connectivity index (χ2n) is 9.68. The van der Waals surface area contributed by atoms with Gasteiger partial charge in [-0.15, -0.1) is 0 Å². The van der Waals surface area contributed by atoms with Crippen molar-refractivity contribution in [2.45, 2.75) is 45.6 Å². The molecular formula is C32H30N4O. The van der Waals surface area contributed by atoms with E-state index in [0.717, 1.165) is 11.1 Å². The van der Waals surface area contributed by atoms with E-state index >= 15 is 0 Å². The second-order valence-corrected chi connectivity index (χ2v) is 9.68. The summed E-state index contributed by atoms with van der Waals surface area (Å²) in [5.74, 6) is 0.136. The fourth-order valence-electron chi connectivity index (χ4n) is 5.03. The zero-order valence-electron chi connectivity index (χ0n) is 21.0. The van der Waals surface area contributed by atoms with E-state index < -0.39 is 0 Å². The van der Waals surface area contributed by atoms with E-state index in [1.54, 1.807) is 6.20 Å². The summed E-state index contributed by atoms with van der Waals surface area (Å²) in [6, 6.07) is 30.2. The van der Waals surface area contributed by atoms with Gasteiger partial charge in [-0.3, -0.25) is 14.7 Å². The molecule has 37 heavy (non-hydrogen) atoms. The molecule has 0 spiro atoms. The van der Waals surface area contributed by atoms with E-state index in [-0.39, 0.29) is 11.9 Å². The van der Waals surface area contributed by atoms with Crippen LogP contribution in [0.3, 0.4) is 0 Å². The lowest BCUT2D eigenvalue weighted by Crippen LogP contribution is -2.47. The molecule has 0 aliphatic carbocycles. The molecule has 0 radical (unpaired) electrons. The number of fused-ring (bicyclic) bond motifs is 1. The molecule has 1 atom stereocenters. The van der Waals surface area contributed by atoms with Gasteiger partial charge < -0.3 is 4.90 Å². The number of carbonyl (C=O) groups is 1. The summed E-state index contributed by atoms with van der Waals surface area (Å²) in [7, 11) is 0. The molecule has 1 aliphatic heterocycles. The molecule has 1 aromatic heterocycles. The highest BCUT2D eigenvalue weighted by Gasteiger charge is 2.34. The number of aryl methyl sites for hydroxylation is 1. The van der Waals surface area contributed by atoms with Crippen LogP contribution >= 0.6 is 0 Å². The number of pyridine rings is 1. The maximum atomic E-state index is 14.3. The summed E-state index contributed by atoms with van der Waals surface area (Å²) >= 11 is 0. The third-order valence-electron chi connectivity index (χ3n) is 7.13. The molecule has 1 amide bonds. The average Bonchev–Trinajstić information content (AvgIpc) is 3.07. The molecule has 0 bridgehead atoms. The van der Waals surface area contributed by atoms with Crippen LogP contribution in [0, 0.1) is 18.3 Å². The van der Waals surface area contributed by atoms with Crippen LogP contribution in [0.4, 0.5) is 0 Å². The predicted octanol–water partition coefficient (Wildman–Crippen LogP) is 5.42. The van der Waals surface area contributed by atoms with Gasteiger partial charge in [0.15, 0.2) is 0 Å². The Kier molecular flexibility index (Phi) is 7.39. The van der Waals surface area contributed by atoms with E-state index in [1.165, 1.54) is 22.3 Å². The molecule has 184 valence electrons. The van der Waals surface area contributed by atoms with Crippen molar-refractivity contribution < 1.29 is 4.79 Å². The Morgan fingerprint density at radius 1 is 0.919 bits per heavy atom. The Hall–Kier alpha value is -4.27. The van der Waals surface area contributed by atoms with Crippen LogP contribution in [0.5, 0.6) is 0 Å². The number of nitrogens with zero attached hydrogens (tertiary/aromatic N) is 4. The standard InChI is InChI=1S/C32H30N4O/c1-24-7-2-3-10-29(24)22-36-23-30-11-5-4-9-28(30)17-31(32(36)37)35(21-27-8-6-16-34-19-27)20-26-14-12-25(18-33)13-15-26/h2-16,19,31H,17,20-23H2,1H3/t31-/m0/s1. The molecule has 0 saturated carbocycles. The number of aromatic nitrogens is 1. The minimum atomic E-state index is -0.330. The lowest BCUT2D eigenvalue weighted by molar-refractivity contribution is -0.138. The highest BCUT2D eigenvalue weighted by Crippen LogP contribution is 2.27. The SMILES string of the molecule is Cc1ccccc1CN1Cc2ccccc2C[C@H](N(Cc2ccc(C#N)cc2)Cc2cccnc2)C1=O. The van der Waals surface area contributed by atoms with Gasteiger partial charge >= 0.3 is 0 Å². The van der Waals surface area contributed by atoms with Gasteiger partial charge in [0.1, 0.15) is 0 Å². The van der Waals surface area contributed by atoms with Crippen molar-refractivity contribution in [1.82, 2.24) is 14.8 Å². The van der Waals surface area contributed by atoms with Gasteiger partial charge in [-0.2, -0.15) is 5.26 Å². The summed E-state index contributed by atoms with van der Waals surface area (Å²) in [5.41, 5.74) is 7.53. The maximum absolute atomic E-state index is 14.3. The molecule has 0 unspecified atom stereocenters. The van der Waals surface area contributed by atoms with Crippen LogP contribution in [0.1, 0.15) is 38.9 Å². The van der Waals surface area contributed by atoms with Gasteiger partial charge in [0, 0.05) is 38.6 Å². The fourth-order valence-corrected chi connectivity index (χ4v) is 5.03. The number of hydrogen-bond acceptors (Lipinski definition) is 4. The van der Waals surface area contributed by atoms with Crippen LogP contribution in [0.25, 0.3) is 0 Å². The summed E-state index contributed by atoms with van der Waals surface area (Å²) in [6.45, 7) is 4.47. The van der Waals surface area contributed by atoms with E-state index in [1.807, 2.05) is 53.6 Å². The minimum absolute atomic E-state index is 0.136. The highest BCUT2D eigenvalue weighted by atomic mass is 16.2. The summed E-state index contributed by atoms with van der Waals surface area (Å²) in [5, 5.41) is 9.22. The maximum Gasteiger partial charge on any atom is 0.240 e. The Bertz CT molecular complexity index is 1410. The Morgan fingerprint density at radius 3 is 2.38 bits per heavy atom. The average molecular weight is 487 g/mol. The molecule has 0 fully saturated rings. The summed E-state index contributed by atoms with van der Waals surface area (Å²) < 4.78 is 0. The van der Waals surface area contributed by atoms with Crippen molar-refractivity contribution in [1.29, 1.82) is 5.26 Å². The summed E-state index contributed by atoms with van der Waals surface area (Å²) in [6.07, 6.45) is 4.28. The lowest BCUT2D eigenvalue weighted by atomic mass is 10.00. The highest BCUT2D eigenvalue weighted by molar-refractivity contribution is 5.83. The predicted molar refractivity (Wildman–Crippen MR) is 144 cm³/mol. The Labute approximate surface area is 218 Å². The minimum Gasteiger partial charge on any atom is -0.333 e. The number of rotatable bonds is 7. The third-order valence-corrected chi connectivity index (χ3v) is 7.13. The first-order valence-electron chi connectivity index (χ1n) is 12.6. The van der Waals surface area contributed by atoms with Crippen LogP contribution < -0.4 is 0 Å². The van der Waals surface area contributed by atoms with Gasteiger partial charge in [0.25, 0.3) is 0 Å². The van der Waals surface area contributed by atoms with Gasteiger partial charge in [0.05, 0.1) is 17.7 Å². The number of benzene rings is 3. The van der Waals surface area contributed by atoms with Crippen LogP contribution in [0.2, 0.25) is 0 Å². The molecular weight excluding hydrogens is 456 g/mol. The van der Waals surface area contributed by atoms with Crippen LogP contribution in [0.15, 0.2) is 97.3 Å². The molecule has 2 heterocycles. The first-order chi connectivity index (χ1) is 18.1. The monoisotopic (exact) mass is 486 g/mol. The lowest BCUT2D eigenvalue weighted by Gasteiger charge is -2.33. The smallest absolute Gasteiger partial charge is 0.240 e. The quantitative estimate of drug-likeness (QED) is 0.350. The van der Waals surface area contributed by atoms with Gasteiger partial charge in [-0.1, -0.05) is 66.7 Å². The zero-order chi connectivity index (χ0) is 25.6. The molecule has 1 aliphatic rings. The molecule has 4 aromatic rings. The molecule has 0 saturated heterocycles. The van der Waals surface area contributed by atoms with E-state index in [0.29, 0.717) is 38.2 Å². The van der Waals surface area contributed by atoms with Crippen LogP contribution in [-0.2, 0) is 37.4 Å². The van der Waals surface area contributed by atoms with Crippen molar-refractivity contribution >= 4 is 5.91 Å². The number of nitriles is 1. The van der Waals surface area contributed by atoms with Crippen molar-refractivity contribution in [2.75, 3.05) is 0 Å². The van der Waals surface area contributed by atoms with E-state index in [9.17, 15) is 10.1 Å². The fraction of sp³-hybridized carbons (Fsp3) is 0.219. The van der Waals surface area contributed by atoms with E-state index in [4.69, 9.17) is 0 Å². The van der Waals surface area contributed by atoms with Crippen molar-refractivity contribution in [2.24, 2.45) is 0 Å². The van der Waals surface area contributed by atoms with Crippen molar-refractivity contribution in [3.8, 4) is 6.07 Å². The molecule has 3 aromatic carbocycles. The van der Waals surface area contributed by atoms with Crippen LogP contribution in [-0.4, -0.2) is 26.7 Å². The number of hydrogen-bond donors (Lipinski definition) is 0. The van der Waals surface area contributed by atoms with Crippen molar-refractivity contribution in [3.05, 3.63) is 136 Å². The van der Waals surface area contributed by atoms with Gasteiger partial charge in [0.2, 0.25) is 5.91 Å². The zero-order valence-corrected chi connectivity index (χ0v) is 21.0. The van der Waals surface area contributed by atoms with Gasteiger partial charge in [-0.05, 0) is 64.9 Å². The first-order valence-corrected chi connectivity index (χ1v) is 12.6. The summed E-state index contributed by atoms with van der Waals surface area (Å²) in [4.78, 5) is 22.9. The number of amides is 1. The van der Waals surface area contributed by atoms with Crippen molar-refractivity contribution in [3.63, 3.8) is 0 Å². The first kappa shape index (κ1) is 24.4. The normalized spacial score (nSPS) is 15.2. The number of carbonyl (C=O) groups excluding carboxylic acids is 1. The molecule has 5 nitrogen and oxygen atoms in total. The largest absolute Gasteiger partial charge is 0.333 e. The molecule has 5 rings (SSSR count). The topological polar surface area (TPSA) is 60.2 Å². The second kappa shape index (κ2) is 11.2.